The van der Waals surface area contributed by atoms with E-state index in [0.29, 0.717) is 17.4 Å². The Kier molecular flexibility index (Phi) is 6.98. The van der Waals surface area contributed by atoms with Crippen LogP contribution in [0.4, 0.5) is 8.78 Å². The van der Waals surface area contributed by atoms with E-state index in [2.05, 4.69) is 10.1 Å². The van der Waals surface area contributed by atoms with Crippen molar-refractivity contribution in [2.24, 2.45) is 0 Å². The summed E-state index contributed by atoms with van der Waals surface area (Å²) in [6.07, 6.45) is 5.68. The average molecular weight is 477 g/mol. The molecule has 0 saturated heterocycles. The number of phenolic OH excluding ortho intramolecular Hbond substituents is 1. The lowest BCUT2D eigenvalue weighted by Crippen LogP contribution is -2.39. The Balaban J connectivity index is 1.47. The number of benzene rings is 3. The highest BCUT2D eigenvalue weighted by molar-refractivity contribution is 6.06. The van der Waals surface area contributed by atoms with E-state index in [1.54, 1.807) is 42.5 Å². The highest BCUT2D eigenvalue weighted by Crippen LogP contribution is 2.28. The largest absolute Gasteiger partial charge is 0.508 e. The number of ether oxygens (including phenoxy) is 1. The maximum Gasteiger partial charge on any atom is 0.185 e. The molecule has 1 atom stereocenters. The summed E-state index contributed by atoms with van der Waals surface area (Å²) in [7, 11) is 0. The Morgan fingerprint density at radius 2 is 1.80 bits per heavy atom. The molecule has 178 valence electrons. The van der Waals surface area contributed by atoms with Crippen LogP contribution in [-0.4, -0.2) is 37.4 Å². The molecule has 2 N–H and O–H groups in total. The first-order valence-corrected chi connectivity index (χ1v) is 10.6. The molecule has 0 amide bonds. The van der Waals surface area contributed by atoms with E-state index in [1.165, 1.54) is 35.5 Å². The third-order valence-electron chi connectivity index (χ3n) is 5.26. The number of carbonyl (C=O) groups excluding carboxylic acids is 1. The smallest absolute Gasteiger partial charge is 0.185 e. The second-order valence-corrected chi connectivity index (χ2v) is 7.85. The van der Waals surface area contributed by atoms with Gasteiger partial charge in [0.25, 0.3) is 0 Å². The summed E-state index contributed by atoms with van der Waals surface area (Å²) in [6, 6.07) is 15.5. The first kappa shape index (κ1) is 23.8. The Hall–Kier alpha value is -4.37. The third kappa shape index (κ3) is 5.96. The number of allylic oxidation sites excluding steroid dienone is 1. The van der Waals surface area contributed by atoms with Crippen molar-refractivity contribution in [1.82, 2.24) is 14.8 Å². The van der Waals surface area contributed by atoms with Gasteiger partial charge in [0, 0.05) is 17.2 Å². The lowest BCUT2D eigenvalue weighted by molar-refractivity contribution is -0.0297. The molecular formula is C26H21F2N3O4. The molecule has 1 aromatic heterocycles. The normalized spacial score (nSPS) is 13.0. The molecule has 4 rings (SSSR count). The Morgan fingerprint density at radius 3 is 2.46 bits per heavy atom. The zero-order valence-electron chi connectivity index (χ0n) is 18.4. The molecular weight excluding hydrogens is 456 g/mol. The van der Waals surface area contributed by atoms with Crippen LogP contribution in [0.2, 0.25) is 0 Å². The van der Waals surface area contributed by atoms with E-state index in [1.807, 2.05) is 0 Å². The molecule has 0 radical (unpaired) electrons. The third-order valence-corrected chi connectivity index (χ3v) is 5.26. The van der Waals surface area contributed by atoms with Crippen LogP contribution in [0.3, 0.4) is 0 Å². The van der Waals surface area contributed by atoms with Crippen molar-refractivity contribution in [3.8, 4) is 11.5 Å². The quantitative estimate of drug-likeness (QED) is 0.278. The molecule has 0 saturated carbocycles. The SMILES string of the molecule is O=C(/C=C/c1ccc(O)cc1)c1ccc(OCC(O)(Cn2cncn2)c2ccc(F)cc2F)cc1. The predicted octanol–water partition coefficient (Wildman–Crippen LogP) is 4.12. The fraction of sp³-hybridized carbons (Fsp3) is 0.115. The highest BCUT2D eigenvalue weighted by Gasteiger charge is 2.34. The molecule has 9 heteroatoms. The number of halogens is 2. The number of rotatable bonds is 9. The van der Waals surface area contributed by atoms with E-state index in [0.717, 1.165) is 17.7 Å². The van der Waals surface area contributed by atoms with Gasteiger partial charge in [-0.2, -0.15) is 5.10 Å². The van der Waals surface area contributed by atoms with Gasteiger partial charge in [-0.3, -0.25) is 4.79 Å². The van der Waals surface area contributed by atoms with E-state index < -0.39 is 17.2 Å². The van der Waals surface area contributed by atoms with Gasteiger partial charge >= 0.3 is 0 Å². The molecule has 3 aromatic carbocycles. The van der Waals surface area contributed by atoms with E-state index in [-0.39, 0.29) is 30.2 Å². The molecule has 0 aliphatic carbocycles. The van der Waals surface area contributed by atoms with Crippen LogP contribution in [0.25, 0.3) is 6.08 Å². The lowest BCUT2D eigenvalue weighted by atomic mass is 9.94. The van der Waals surface area contributed by atoms with Gasteiger partial charge in [0.05, 0.1) is 6.54 Å². The number of aromatic hydroxyl groups is 1. The number of hydrogen-bond donors (Lipinski definition) is 2. The molecule has 35 heavy (non-hydrogen) atoms. The molecule has 0 spiro atoms. The van der Waals surface area contributed by atoms with Crippen LogP contribution in [0.15, 0.2) is 85.5 Å². The fourth-order valence-corrected chi connectivity index (χ4v) is 3.43. The Morgan fingerprint density at radius 1 is 1.06 bits per heavy atom. The first-order chi connectivity index (χ1) is 16.8. The van der Waals surface area contributed by atoms with Crippen LogP contribution in [0.5, 0.6) is 11.5 Å². The number of ketones is 1. The maximum absolute atomic E-state index is 14.5. The standard InChI is InChI=1S/C26H21F2N3O4/c27-20-6-11-23(24(28)13-20)26(34,14-31-17-29-16-30-31)15-35-22-9-4-19(5-10-22)25(33)12-3-18-1-7-21(32)8-2-18/h1-13,16-17,32,34H,14-15H2/b12-3+. The van der Waals surface area contributed by atoms with Gasteiger partial charge in [0.1, 0.15) is 48.0 Å². The molecule has 0 bridgehead atoms. The van der Waals surface area contributed by atoms with Crippen LogP contribution >= 0.6 is 0 Å². The Bertz CT molecular complexity index is 1320. The molecule has 1 unspecified atom stereocenters. The van der Waals surface area contributed by atoms with E-state index in [9.17, 15) is 23.8 Å². The minimum absolute atomic E-state index is 0.138. The summed E-state index contributed by atoms with van der Waals surface area (Å²) >= 11 is 0. The Labute approximate surface area is 199 Å². The molecule has 0 aliphatic heterocycles. The molecule has 7 nitrogen and oxygen atoms in total. The monoisotopic (exact) mass is 477 g/mol. The summed E-state index contributed by atoms with van der Waals surface area (Å²) in [6.45, 7) is -0.558. The summed E-state index contributed by atoms with van der Waals surface area (Å²) in [5.74, 6) is -1.45. The van der Waals surface area contributed by atoms with Crippen LogP contribution in [0, 0.1) is 11.6 Å². The van der Waals surface area contributed by atoms with Gasteiger partial charge in [-0.1, -0.05) is 24.3 Å². The van der Waals surface area contributed by atoms with Crippen molar-refractivity contribution >= 4 is 11.9 Å². The van der Waals surface area contributed by atoms with Gasteiger partial charge in [-0.05, 0) is 54.1 Å². The second-order valence-electron chi connectivity index (χ2n) is 7.85. The molecule has 0 aliphatic rings. The first-order valence-electron chi connectivity index (χ1n) is 10.6. The predicted molar refractivity (Wildman–Crippen MR) is 124 cm³/mol. The van der Waals surface area contributed by atoms with Gasteiger partial charge in [0.15, 0.2) is 5.78 Å². The molecule has 4 aromatic rings. The van der Waals surface area contributed by atoms with Gasteiger partial charge in [0.2, 0.25) is 0 Å². The van der Waals surface area contributed by atoms with Crippen molar-refractivity contribution in [3.05, 3.63) is 114 Å². The molecule has 1 heterocycles. The van der Waals surface area contributed by atoms with Crippen LogP contribution in [-0.2, 0) is 12.1 Å². The number of carbonyl (C=O) groups is 1. The zero-order chi connectivity index (χ0) is 24.8. The number of phenols is 1. The lowest BCUT2D eigenvalue weighted by Gasteiger charge is -2.29. The number of aromatic nitrogens is 3. The zero-order valence-corrected chi connectivity index (χ0v) is 18.4. The van der Waals surface area contributed by atoms with Crippen LogP contribution < -0.4 is 4.74 Å². The van der Waals surface area contributed by atoms with E-state index in [4.69, 9.17) is 4.74 Å². The summed E-state index contributed by atoms with van der Waals surface area (Å²) in [5, 5.41) is 24.5. The topological polar surface area (TPSA) is 97.5 Å². The molecule has 0 fully saturated rings. The van der Waals surface area contributed by atoms with Crippen molar-refractivity contribution in [2.75, 3.05) is 6.61 Å². The van der Waals surface area contributed by atoms with Gasteiger partial charge in [-0.25, -0.2) is 18.4 Å². The minimum Gasteiger partial charge on any atom is -0.508 e. The minimum atomic E-state index is -1.88. The summed E-state index contributed by atoms with van der Waals surface area (Å²) < 4.78 is 34.9. The highest BCUT2D eigenvalue weighted by atomic mass is 19.1. The average Bonchev–Trinajstić information content (AvgIpc) is 3.35. The van der Waals surface area contributed by atoms with Crippen molar-refractivity contribution in [1.29, 1.82) is 0 Å². The van der Waals surface area contributed by atoms with Crippen molar-refractivity contribution in [3.63, 3.8) is 0 Å². The number of nitrogens with zero attached hydrogens (tertiary/aromatic N) is 3. The van der Waals surface area contributed by atoms with E-state index >= 15 is 0 Å². The maximum atomic E-state index is 14.5. The second kappa shape index (κ2) is 10.3. The summed E-state index contributed by atoms with van der Waals surface area (Å²) in [4.78, 5) is 16.3. The van der Waals surface area contributed by atoms with Crippen molar-refractivity contribution < 1.29 is 28.5 Å². The van der Waals surface area contributed by atoms with Gasteiger partial charge in [-0.15, -0.1) is 0 Å². The van der Waals surface area contributed by atoms with Gasteiger partial charge < -0.3 is 14.9 Å². The number of hydrogen-bond acceptors (Lipinski definition) is 6. The number of aliphatic hydroxyl groups is 1. The van der Waals surface area contributed by atoms with Crippen LogP contribution in [0.1, 0.15) is 21.5 Å². The fourth-order valence-electron chi connectivity index (χ4n) is 3.43. The van der Waals surface area contributed by atoms with Crippen molar-refractivity contribution in [2.45, 2.75) is 12.1 Å². The summed E-state index contributed by atoms with van der Waals surface area (Å²) in [5.41, 5.74) is -0.862.